The van der Waals surface area contributed by atoms with E-state index in [-0.39, 0.29) is 41.7 Å². The molecule has 0 amide bonds. The van der Waals surface area contributed by atoms with E-state index in [9.17, 15) is 29.7 Å². The Morgan fingerprint density at radius 2 is 1.48 bits per heavy atom. The van der Waals surface area contributed by atoms with E-state index in [1.54, 1.807) is 6.92 Å². The molecule has 12 heteroatoms. The first-order valence-electron chi connectivity index (χ1n) is 25.7. The second kappa shape index (κ2) is 22.5. The second-order valence-corrected chi connectivity index (χ2v) is 21.3. The van der Waals surface area contributed by atoms with E-state index in [1.807, 2.05) is 53.7 Å². The van der Waals surface area contributed by atoms with Gasteiger partial charge in [-0.25, -0.2) is 0 Å². The molecule has 5 heterocycles. The molecule has 12 nitrogen and oxygen atoms in total. The minimum absolute atomic E-state index is 0.0181. The lowest BCUT2D eigenvalue weighted by Crippen LogP contribution is -2.63. The van der Waals surface area contributed by atoms with Crippen LogP contribution in [0.25, 0.3) is 0 Å². The lowest BCUT2D eigenvalue weighted by Gasteiger charge is -2.54. The maximum Gasteiger partial charge on any atom is 0.309 e. The number of aliphatic hydroxyl groups excluding tert-OH is 1. The molecule has 2 unspecified atom stereocenters. The smallest absolute Gasteiger partial charge is 0.309 e. The molecule has 64 heavy (non-hydrogen) atoms. The maximum absolute atomic E-state index is 14.7. The van der Waals surface area contributed by atoms with E-state index >= 15 is 0 Å². The number of esters is 1. The van der Waals surface area contributed by atoms with Gasteiger partial charge < -0.3 is 43.7 Å². The normalized spacial score (nSPS) is 40.2. The van der Waals surface area contributed by atoms with Gasteiger partial charge in [-0.05, 0) is 102 Å². The van der Waals surface area contributed by atoms with Crippen LogP contribution >= 0.6 is 0 Å². The number of aliphatic hydroxyl groups is 2. The van der Waals surface area contributed by atoms with E-state index in [0.29, 0.717) is 64.2 Å². The first-order chi connectivity index (χ1) is 30.2. The molecule has 2 spiro atoms. The van der Waals surface area contributed by atoms with Crippen LogP contribution in [-0.4, -0.2) is 98.5 Å². The van der Waals surface area contributed by atoms with Crippen LogP contribution in [0.15, 0.2) is 12.2 Å². The third-order valence-corrected chi connectivity index (χ3v) is 16.7. The van der Waals surface area contributed by atoms with Gasteiger partial charge in [-0.1, -0.05) is 101 Å². The monoisotopic (exact) mass is 905 g/mol. The number of aliphatic carboxylic acids is 1. The van der Waals surface area contributed by atoms with Crippen LogP contribution in [0.2, 0.25) is 0 Å². The van der Waals surface area contributed by atoms with Gasteiger partial charge in [-0.2, -0.15) is 0 Å². The summed E-state index contributed by atoms with van der Waals surface area (Å²) in [5.74, 6) is -6.34. The fourth-order valence-electron chi connectivity index (χ4n) is 12.0. The number of carbonyl (C=O) groups is 3. The summed E-state index contributed by atoms with van der Waals surface area (Å²) in [6.07, 6.45) is 13.6. The van der Waals surface area contributed by atoms with Crippen molar-refractivity contribution >= 4 is 17.7 Å². The summed E-state index contributed by atoms with van der Waals surface area (Å²) < 4.78 is 40.9. The van der Waals surface area contributed by atoms with Crippen molar-refractivity contribution in [3.8, 4) is 0 Å². The highest BCUT2D eigenvalue weighted by Crippen LogP contribution is 2.55. The van der Waals surface area contributed by atoms with Crippen LogP contribution < -0.4 is 0 Å². The van der Waals surface area contributed by atoms with E-state index in [1.165, 1.54) is 25.7 Å². The highest BCUT2D eigenvalue weighted by molar-refractivity contribution is 5.84. The number of carboxylic acid groups (broad SMARTS) is 1. The molecule has 5 rings (SSSR count). The molecule has 5 aliphatic rings. The molecule has 3 N–H and O–H groups in total. The number of carboxylic acids is 1. The molecule has 0 bridgehead atoms. The van der Waals surface area contributed by atoms with Crippen LogP contribution in [0.1, 0.15) is 192 Å². The fourth-order valence-corrected chi connectivity index (χ4v) is 12.0. The molecule has 0 aliphatic carbocycles. The van der Waals surface area contributed by atoms with Crippen molar-refractivity contribution in [1.29, 1.82) is 0 Å². The summed E-state index contributed by atoms with van der Waals surface area (Å²) in [7, 11) is 0. The molecular weight excluding hydrogens is 817 g/mol. The second-order valence-electron chi connectivity index (χ2n) is 21.3. The van der Waals surface area contributed by atoms with Crippen molar-refractivity contribution in [1.82, 2.24) is 0 Å². The Bertz CT molecular complexity index is 1570. The van der Waals surface area contributed by atoms with Crippen molar-refractivity contribution in [3.63, 3.8) is 0 Å². The van der Waals surface area contributed by atoms with Gasteiger partial charge in [0.25, 0.3) is 0 Å². The zero-order chi connectivity index (χ0) is 47.2. The Labute approximate surface area is 385 Å². The molecular formula is C52H88O12. The Kier molecular flexibility index (Phi) is 18.6. The SMILES string of the molecule is CCCCCCCCCC(=O)O[C@H]1C=C[C@]2(OC([C@@H](CC)C(=O)[C@@H](C)[C@@H](O)[C@H](C)[C@@H]3OC([C@@H](CC)C(=O)O)CC[C@@H]3C)[C@@H](C)C[C@H]2C)O[C@@]12CC[C@@](C)([C@H]1CC[C@](O)(CC)[C@H](C)O1)O2. The Morgan fingerprint density at radius 3 is 2.11 bits per heavy atom. The van der Waals surface area contributed by atoms with Crippen LogP contribution in [0.5, 0.6) is 0 Å². The number of ether oxygens (including phenoxy) is 6. The van der Waals surface area contributed by atoms with E-state index < -0.39 is 82.9 Å². The van der Waals surface area contributed by atoms with Gasteiger partial charge in [0.2, 0.25) is 5.79 Å². The molecule has 0 aromatic heterocycles. The number of unbranched alkanes of at least 4 members (excludes halogenated alkanes) is 6. The molecule has 18 atom stereocenters. The lowest BCUT2D eigenvalue weighted by atomic mass is 9.72. The topological polar surface area (TPSA) is 167 Å². The van der Waals surface area contributed by atoms with Crippen molar-refractivity contribution < 1.29 is 58.1 Å². The average Bonchev–Trinajstić information content (AvgIpc) is 3.61. The molecule has 4 fully saturated rings. The van der Waals surface area contributed by atoms with Crippen LogP contribution in [0, 0.1) is 41.4 Å². The van der Waals surface area contributed by atoms with Crippen LogP contribution in [0.3, 0.4) is 0 Å². The first-order valence-corrected chi connectivity index (χ1v) is 25.7. The fraction of sp³-hybridized carbons (Fsp3) is 0.904. The average molecular weight is 905 g/mol. The number of carbonyl (C=O) groups excluding carboxylic acids is 2. The largest absolute Gasteiger partial charge is 0.481 e. The van der Waals surface area contributed by atoms with Crippen molar-refractivity contribution in [2.24, 2.45) is 41.4 Å². The Morgan fingerprint density at radius 1 is 0.812 bits per heavy atom. The van der Waals surface area contributed by atoms with Crippen molar-refractivity contribution in [2.75, 3.05) is 0 Å². The summed E-state index contributed by atoms with van der Waals surface area (Å²) in [4.78, 5) is 40.3. The van der Waals surface area contributed by atoms with Crippen molar-refractivity contribution in [3.05, 3.63) is 12.2 Å². The van der Waals surface area contributed by atoms with Crippen molar-refractivity contribution in [2.45, 2.75) is 257 Å². The molecule has 368 valence electrons. The summed E-state index contributed by atoms with van der Waals surface area (Å²) in [5, 5.41) is 33.0. The predicted octanol–water partition coefficient (Wildman–Crippen LogP) is 9.88. The number of hydrogen-bond acceptors (Lipinski definition) is 11. The highest BCUT2D eigenvalue weighted by atomic mass is 16.8. The molecule has 5 aliphatic heterocycles. The molecule has 0 aromatic rings. The third-order valence-electron chi connectivity index (χ3n) is 16.7. The van der Waals surface area contributed by atoms with E-state index in [2.05, 4.69) is 27.7 Å². The third kappa shape index (κ3) is 11.5. The van der Waals surface area contributed by atoms with Gasteiger partial charge in [-0.15, -0.1) is 0 Å². The minimum atomic E-state index is -1.39. The van der Waals surface area contributed by atoms with Gasteiger partial charge in [0, 0.05) is 36.5 Å². The number of Topliss-reactive ketones (excluding diaryl/α,β-unsaturated/α-hetero) is 1. The maximum atomic E-state index is 14.7. The molecule has 0 radical (unpaired) electrons. The van der Waals surface area contributed by atoms with Gasteiger partial charge in [0.1, 0.15) is 5.78 Å². The van der Waals surface area contributed by atoms with E-state index in [4.69, 9.17) is 28.4 Å². The summed E-state index contributed by atoms with van der Waals surface area (Å²) in [6, 6.07) is 0. The quantitative estimate of drug-likeness (QED) is 0.0568. The predicted molar refractivity (Wildman–Crippen MR) is 245 cm³/mol. The summed E-state index contributed by atoms with van der Waals surface area (Å²) in [5.41, 5.74) is -1.72. The zero-order valence-electron chi connectivity index (χ0n) is 41.5. The number of ketones is 1. The number of hydrogen-bond donors (Lipinski definition) is 3. The summed E-state index contributed by atoms with van der Waals surface area (Å²) in [6.45, 7) is 21.9. The molecule has 4 saturated heterocycles. The number of rotatable bonds is 21. The van der Waals surface area contributed by atoms with Gasteiger partial charge in [0.15, 0.2) is 11.9 Å². The highest BCUT2D eigenvalue weighted by Gasteiger charge is 2.64. The first kappa shape index (κ1) is 53.0. The standard InChI is InChI=1S/C52H88O12/c1-12-16-17-18-19-20-21-22-43(53)61-42-26-28-51(64-52(42)30-29-49(11,63-52)41-25-27-50(58,15-4)37(10)59-41)34(7)31-33(6)47(62-51)39(14-3)45(55)35(8)44(54)36(9)46-32(5)23-24-40(60-46)38(13-2)48(56)57/h26,28,32-42,44,46-47,54,58H,12-25,27,29-31H2,1-11H3,(H,56,57)/t32-,33-,34+,35-,36-,37-,38+,39-,40?,41+,42-,44+,46+,47?,49-,50+,51-,52-/m0/s1. The minimum Gasteiger partial charge on any atom is -0.481 e. The van der Waals surface area contributed by atoms with Gasteiger partial charge in [-0.3, -0.25) is 14.4 Å². The van der Waals surface area contributed by atoms with Gasteiger partial charge in [0.05, 0.1) is 53.7 Å². The lowest BCUT2D eigenvalue weighted by molar-refractivity contribution is -0.409. The summed E-state index contributed by atoms with van der Waals surface area (Å²) >= 11 is 0. The molecule has 0 saturated carbocycles. The van der Waals surface area contributed by atoms with Gasteiger partial charge >= 0.3 is 11.9 Å². The van der Waals surface area contributed by atoms with E-state index in [0.717, 1.165) is 25.7 Å². The zero-order valence-corrected chi connectivity index (χ0v) is 41.5. The van der Waals surface area contributed by atoms with Crippen LogP contribution in [-0.2, 0) is 42.8 Å². The Hall–Kier alpha value is -1.93. The molecule has 0 aromatic carbocycles. The Balaban J connectivity index is 1.36. The van der Waals surface area contributed by atoms with Crippen LogP contribution in [0.4, 0.5) is 0 Å².